The Kier molecular flexibility index (Phi) is 6.75. The van der Waals surface area contributed by atoms with Crippen molar-refractivity contribution in [2.45, 2.75) is 72.4 Å². The van der Waals surface area contributed by atoms with Crippen LogP contribution in [-0.2, 0) is 9.16 Å². The molecule has 0 aromatic rings. The average molecular weight is 315 g/mol. The smallest absolute Gasteiger partial charge is 0.173 e. The van der Waals surface area contributed by atoms with Gasteiger partial charge in [-0.1, -0.05) is 20.8 Å². The van der Waals surface area contributed by atoms with Crippen LogP contribution in [0.25, 0.3) is 0 Å². The molecule has 5 heteroatoms. The Bertz CT molecular complexity index is 342. The molecule has 1 aliphatic rings. The molecule has 0 fully saturated rings. The van der Waals surface area contributed by atoms with Crippen molar-refractivity contribution in [3.63, 3.8) is 0 Å². The Morgan fingerprint density at radius 2 is 2.00 bits per heavy atom. The highest BCUT2D eigenvalue weighted by atomic mass is 28.3. The van der Waals surface area contributed by atoms with Gasteiger partial charge in [0.25, 0.3) is 0 Å². The second-order valence-corrected chi connectivity index (χ2v) is 9.71. The highest BCUT2D eigenvalue weighted by molar-refractivity contribution is 6.48. The van der Waals surface area contributed by atoms with Crippen molar-refractivity contribution >= 4 is 9.04 Å². The molecule has 4 nitrogen and oxygen atoms in total. The fraction of sp³-hybridized carbons (Fsp3) is 0.875. The monoisotopic (exact) mass is 314 g/mol. The van der Waals surface area contributed by atoms with Gasteiger partial charge in [-0.25, -0.2) is 0 Å². The van der Waals surface area contributed by atoms with Crippen LogP contribution in [0.15, 0.2) is 12.4 Å². The summed E-state index contributed by atoms with van der Waals surface area (Å²) in [6.07, 6.45) is 6.38. The van der Waals surface area contributed by atoms with Crippen LogP contribution in [0.1, 0.15) is 47.5 Å². The Morgan fingerprint density at radius 1 is 1.33 bits per heavy atom. The van der Waals surface area contributed by atoms with Crippen LogP contribution < -0.4 is 5.32 Å². The number of nitrogens with one attached hydrogen (secondary N) is 1. The Hall–Kier alpha value is -0.523. The van der Waals surface area contributed by atoms with E-state index < -0.39 is 9.04 Å². The molecule has 0 radical (unpaired) electrons. The maximum absolute atomic E-state index is 6.36. The maximum Gasteiger partial charge on any atom is 0.173 e. The van der Waals surface area contributed by atoms with Crippen LogP contribution in [0.4, 0.5) is 0 Å². The minimum atomic E-state index is -1.11. The molecule has 0 saturated carbocycles. The van der Waals surface area contributed by atoms with Gasteiger partial charge in [0.15, 0.2) is 9.04 Å². The van der Waals surface area contributed by atoms with Crippen LogP contribution in [0, 0.1) is 5.41 Å². The summed E-state index contributed by atoms with van der Waals surface area (Å²) in [6, 6.07) is 0. The maximum atomic E-state index is 6.36. The van der Waals surface area contributed by atoms with E-state index in [9.17, 15) is 0 Å². The van der Waals surface area contributed by atoms with E-state index in [4.69, 9.17) is 9.16 Å². The molecule has 0 saturated heterocycles. The fourth-order valence-corrected chi connectivity index (χ4v) is 3.74. The van der Waals surface area contributed by atoms with Crippen molar-refractivity contribution in [1.29, 1.82) is 0 Å². The van der Waals surface area contributed by atoms with Crippen molar-refractivity contribution in [3.05, 3.63) is 12.4 Å². The van der Waals surface area contributed by atoms with E-state index >= 15 is 0 Å². The molecule has 0 bridgehead atoms. The lowest BCUT2D eigenvalue weighted by Crippen LogP contribution is -2.57. The zero-order valence-electron chi connectivity index (χ0n) is 14.9. The van der Waals surface area contributed by atoms with Gasteiger partial charge in [0, 0.05) is 31.0 Å². The second-order valence-electron chi connectivity index (χ2n) is 7.34. The third-order valence-corrected chi connectivity index (χ3v) is 4.55. The predicted molar refractivity (Wildman–Crippen MR) is 91.5 cm³/mol. The summed E-state index contributed by atoms with van der Waals surface area (Å²) in [5, 5.41) is 3.51. The summed E-state index contributed by atoms with van der Waals surface area (Å²) in [4.78, 5) is 2.37. The molecule has 0 spiro atoms. The van der Waals surface area contributed by atoms with E-state index in [-0.39, 0.29) is 17.3 Å². The normalized spacial score (nSPS) is 23.7. The van der Waals surface area contributed by atoms with Gasteiger partial charge in [-0.05, 0) is 39.8 Å². The van der Waals surface area contributed by atoms with E-state index in [0.29, 0.717) is 0 Å². The van der Waals surface area contributed by atoms with Crippen molar-refractivity contribution in [3.8, 4) is 0 Å². The first-order valence-electron chi connectivity index (χ1n) is 8.16. The molecular weight excluding hydrogens is 280 g/mol. The first-order chi connectivity index (χ1) is 9.70. The Morgan fingerprint density at radius 3 is 2.52 bits per heavy atom. The van der Waals surface area contributed by atoms with Gasteiger partial charge in [0.1, 0.15) is 11.9 Å². The molecule has 124 valence electrons. The van der Waals surface area contributed by atoms with Gasteiger partial charge in [0.2, 0.25) is 0 Å². The third-order valence-electron chi connectivity index (χ3n) is 3.75. The van der Waals surface area contributed by atoms with Gasteiger partial charge < -0.3 is 19.4 Å². The number of hydrogen-bond acceptors (Lipinski definition) is 4. The van der Waals surface area contributed by atoms with E-state index in [1.165, 1.54) is 0 Å². The molecule has 1 aliphatic heterocycles. The zero-order chi connectivity index (χ0) is 16.1. The number of nitrogens with zero attached hydrogens (tertiary/aromatic N) is 1. The summed E-state index contributed by atoms with van der Waals surface area (Å²) in [6.45, 7) is 17.1. The molecule has 0 aromatic heterocycles. The van der Waals surface area contributed by atoms with Crippen LogP contribution in [0.2, 0.25) is 13.1 Å². The summed E-state index contributed by atoms with van der Waals surface area (Å²) in [7, 11) is -1.11. The number of rotatable bonds is 8. The van der Waals surface area contributed by atoms with Crippen molar-refractivity contribution < 1.29 is 9.16 Å². The van der Waals surface area contributed by atoms with Crippen LogP contribution >= 0.6 is 0 Å². The van der Waals surface area contributed by atoms with E-state index in [0.717, 1.165) is 26.1 Å². The molecule has 1 heterocycles. The van der Waals surface area contributed by atoms with Gasteiger partial charge in [-0.3, -0.25) is 0 Å². The largest absolute Gasteiger partial charge is 0.400 e. The van der Waals surface area contributed by atoms with E-state index in [1.807, 2.05) is 13.1 Å². The van der Waals surface area contributed by atoms with Gasteiger partial charge in [-0.2, -0.15) is 0 Å². The van der Waals surface area contributed by atoms with Crippen molar-refractivity contribution in [2.24, 2.45) is 5.41 Å². The predicted octanol–water partition coefficient (Wildman–Crippen LogP) is 3.27. The number of hydrogen-bond donors (Lipinski definition) is 1. The average Bonchev–Trinajstić information content (AvgIpc) is 2.72. The minimum Gasteiger partial charge on any atom is -0.400 e. The standard InChI is InChI=1S/C16H34N2O2Si/c1-8-19-13-9-10-16(5)17-11-12-18(16)14(15(2,3)4)20-21(6)7/h11-12,14,17,21H,8-10,13H2,1-7H3. The van der Waals surface area contributed by atoms with Crippen LogP contribution in [0.3, 0.4) is 0 Å². The zero-order valence-corrected chi connectivity index (χ0v) is 16.1. The molecule has 2 unspecified atom stereocenters. The van der Waals surface area contributed by atoms with E-state index in [2.05, 4.69) is 57.2 Å². The fourth-order valence-electron chi connectivity index (χ4n) is 2.68. The molecule has 0 aliphatic carbocycles. The molecular formula is C16H34N2O2Si. The van der Waals surface area contributed by atoms with Crippen molar-refractivity contribution in [1.82, 2.24) is 10.2 Å². The summed E-state index contributed by atoms with van der Waals surface area (Å²) < 4.78 is 11.8. The van der Waals surface area contributed by atoms with Crippen molar-refractivity contribution in [2.75, 3.05) is 13.2 Å². The molecule has 2 atom stereocenters. The molecule has 21 heavy (non-hydrogen) atoms. The second kappa shape index (κ2) is 7.65. The van der Waals surface area contributed by atoms with Gasteiger partial charge in [0.05, 0.1) is 0 Å². The lowest BCUT2D eigenvalue weighted by Gasteiger charge is -2.47. The third kappa shape index (κ3) is 5.31. The lowest BCUT2D eigenvalue weighted by atomic mass is 9.91. The van der Waals surface area contributed by atoms with Crippen LogP contribution in [-0.4, -0.2) is 39.0 Å². The Balaban J connectivity index is 2.77. The molecule has 1 N–H and O–H groups in total. The van der Waals surface area contributed by atoms with Gasteiger partial charge in [-0.15, -0.1) is 0 Å². The number of ether oxygens (including phenoxy) is 1. The SMILES string of the molecule is CCOCCCC1(C)NC=CN1C(O[SiH](C)C)C(C)(C)C. The summed E-state index contributed by atoms with van der Waals surface area (Å²) in [5.41, 5.74) is -0.00680. The topological polar surface area (TPSA) is 33.7 Å². The lowest BCUT2D eigenvalue weighted by molar-refractivity contribution is -0.0773. The quantitative estimate of drug-likeness (QED) is 0.551. The summed E-state index contributed by atoms with van der Waals surface area (Å²) in [5.74, 6) is 0. The Labute approximate surface area is 132 Å². The van der Waals surface area contributed by atoms with Crippen LogP contribution in [0.5, 0.6) is 0 Å². The molecule has 1 rings (SSSR count). The molecule has 0 amide bonds. The summed E-state index contributed by atoms with van der Waals surface area (Å²) >= 11 is 0. The highest BCUT2D eigenvalue weighted by Gasteiger charge is 2.41. The first-order valence-corrected chi connectivity index (χ1v) is 10.9. The first kappa shape index (κ1) is 18.5. The van der Waals surface area contributed by atoms with Gasteiger partial charge >= 0.3 is 0 Å². The minimum absolute atomic E-state index is 0.0782. The highest BCUT2D eigenvalue weighted by Crippen LogP contribution is 2.34. The van der Waals surface area contributed by atoms with E-state index in [1.54, 1.807) is 0 Å². The molecule has 0 aromatic carbocycles.